The standard InChI is InChI=1S/C16H14FN3O5/c17-13-4-2-1-3-10(13)8-19-15(21)9-25-16(22)12-7-11(20(23)24)5-6-14(12)18/h1-7H,8-9,18H2,(H,19,21). The van der Waals surface area contributed by atoms with Crippen molar-refractivity contribution in [2.24, 2.45) is 0 Å². The molecule has 0 unspecified atom stereocenters. The zero-order valence-corrected chi connectivity index (χ0v) is 12.9. The Labute approximate surface area is 141 Å². The largest absolute Gasteiger partial charge is 0.452 e. The first-order valence-corrected chi connectivity index (χ1v) is 7.09. The number of nitro groups is 1. The van der Waals surface area contributed by atoms with E-state index < -0.39 is 29.2 Å². The Morgan fingerprint density at radius 1 is 1.24 bits per heavy atom. The van der Waals surface area contributed by atoms with Crippen molar-refractivity contribution in [2.45, 2.75) is 6.54 Å². The van der Waals surface area contributed by atoms with E-state index in [0.29, 0.717) is 0 Å². The molecule has 0 aliphatic rings. The Kier molecular flexibility index (Phi) is 5.62. The molecule has 2 rings (SSSR count). The second kappa shape index (κ2) is 7.86. The van der Waals surface area contributed by atoms with E-state index in [1.54, 1.807) is 6.07 Å². The topological polar surface area (TPSA) is 125 Å². The molecule has 9 heteroatoms. The van der Waals surface area contributed by atoms with Crippen LogP contribution in [0, 0.1) is 15.9 Å². The number of carbonyl (C=O) groups is 2. The van der Waals surface area contributed by atoms with Crippen molar-refractivity contribution in [3.63, 3.8) is 0 Å². The molecule has 2 aromatic rings. The highest BCUT2D eigenvalue weighted by Crippen LogP contribution is 2.20. The first kappa shape index (κ1) is 17.9. The van der Waals surface area contributed by atoms with Crippen molar-refractivity contribution < 1.29 is 23.6 Å². The average Bonchev–Trinajstić information content (AvgIpc) is 2.59. The summed E-state index contributed by atoms with van der Waals surface area (Å²) in [5.41, 5.74) is 5.31. The maximum absolute atomic E-state index is 13.4. The Morgan fingerprint density at radius 2 is 1.96 bits per heavy atom. The number of ether oxygens (including phenoxy) is 1. The first-order chi connectivity index (χ1) is 11.9. The molecule has 2 aromatic carbocycles. The van der Waals surface area contributed by atoms with E-state index in [9.17, 15) is 24.1 Å². The van der Waals surface area contributed by atoms with Gasteiger partial charge >= 0.3 is 5.97 Å². The summed E-state index contributed by atoms with van der Waals surface area (Å²) in [5, 5.41) is 13.1. The van der Waals surface area contributed by atoms with Gasteiger partial charge in [-0.15, -0.1) is 0 Å². The van der Waals surface area contributed by atoms with Crippen molar-refractivity contribution in [3.05, 3.63) is 69.5 Å². The molecule has 3 N–H and O–H groups in total. The highest BCUT2D eigenvalue weighted by atomic mass is 19.1. The smallest absolute Gasteiger partial charge is 0.341 e. The van der Waals surface area contributed by atoms with Crippen molar-refractivity contribution in [1.82, 2.24) is 5.32 Å². The average molecular weight is 347 g/mol. The molecule has 0 saturated carbocycles. The third kappa shape index (κ3) is 4.74. The predicted molar refractivity (Wildman–Crippen MR) is 86.0 cm³/mol. The zero-order chi connectivity index (χ0) is 18.4. The van der Waals surface area contributed by atoms with E-state index in [1.807, 2.05) is 0 Å². The lowest BCUT2D eigenvalue weighted by Gasteiger charge is -2.08. The highest BCUT2D eigenvalue weighted by molar-refractivity contribution is 5.96. The summed E-state index contributed by atoms with van der Waals surface area (Å²) >= 11 is 0. The SMILES string of the molecule is Nc1ccc([N+](=O)[O-])cc1C(=O)OCC(=O)NCc1ccccc1F. The molecule has 0 heterocycles. The molecular weight excluding hydrogens is 333 g/mol. The number of nitrogens with two attached hydrogens (primary N) is 1. The molecule has 0 atom stereocenters. The summed E-state index contributed by atoms with van der Waals surface area (Å²) in [6, 6.07) is 9.22. The quantitative estimate of drug-likeness (QED) is 0.355. The molecule has 1 amide bonds. The minimum atomic E-state index is -0.970. The fourth-order valence-corrected chi connectivity index (χ4v) is 1.93. The number of carbonyl (C=O) groups excluding carboxylic acids is 2. The van der Waals surface area contributed by atoms with Crippen LogP contribution in [-0.2, 0) is 16.1 Å². The number of hydrogen-bond acceptors (Lipinski definition) is 6. The van der Waals surface area contributed by atoms with Crippen molar-refractivity contribution in [1.29, 1.82) is 0 Å². The Bertz CT molecular complexity index is 825. The van der Waals surface area contributed by atoms with E-state index in [1.165, 1.54) is 24.3 Å². The maximum Gasteiger partial charge on any atom is 0.341 e. The number of nitrogens with one attached hydrogen (secondary N) is 1. The zero-order valence-electron chi connectivity index (χ0n) is 12.9. The van der Waals surface area contributed by atoms with Gasteiger partial charge in [-0.2, -0.15) is 0 Å². The van der Waals surface area contributed by atoms with E-state index in [-0.39, 0.29) is 29.0 Å². The van der Waals surface area contributed by atoms with E-state index in [4.69, 9.17) is 10.5 Å². The predicted octanol–water partition coefficient (Wildman–Crippen LogP) is 1.79. The number of anilines is 1. The molecule has 8 nitrogen and oxygen atoms in total. The first-order valence-electron chi connectivity index (χ1n) is 7.09. The van der Waals surface area contributed by atoms with Crippen LogP contribution in [0.4, 0.5) is 15.8 Å². The minimum absolute atomic E-state index is 0.0117. The monoisotopic (exact) mass is 347 g/mol. The molecule has 0 aliphatic heterocycles. The molecule has 130 valence electrons. The maximum atomic E-state index is 13.4. The summed E-state index contributed by atoms with van der Waals surface area (Å²) in [6.45, 7) is -0.697. The summed E-state index contributed by atoms with van der Waals surface area (Å²) in [4.78, 5) is 33.6. The van der Waals surface area contributed by atoms with Gasteiger partial charge in [0.15, 0.2) is 6.61 Å². The van der Waals surface area contributed by atoms with Crippen LogP contribution >= 0.6 is 0 Å². The molecular formula is C16H14FN3O5. The number of rotatable bonds is 6. The fourth-order valence-electron chi connectivity index (χ4n) is 1.93. The Hall–Kier alpha value is -3.49. The highest BCUT2D eigenvalue weighted by Gasteiger charge is 2.17. The third-order valence-electron chi connectivity index (χ3n) is 3.24. The number of nitrogens with zero attached hydrogens (tertiary/aromatic N) is 1. The molecule has 0 saturated heterocycles. The lowest BCUT2D eigenvalue weighted by Crippen LogP contribution is -2.28. The van der Waals surface area contributed by atoms with Gasteiger partial charge in [-0.3, -0.25) is 14.9 Å². The van der Waals surface area contributed by atoms with Crippen LogP contribution in [0.1, 0.15) is 15.9 Å². The number of non-ortho nitro benzene ring substituents is 1. The molecule has 0 bridgehead atoms. The van der Waals surface area contributed by atoms with Gasteiger partial charge in [0.1, 0.15) is 5.82 Å². The lowest BCUT2D eigenvalue weighted by molar-refractivity contribution is -0.384. The number of hydrogen-bond donors (Lipinski definition) is 2. The molecule has 25 heavy (non-hydrogen) atoms. The molecule has 0 radical (unpaired) electrons. The second-order valence-electron chi connectivity index (χ2n) is 4.97. The van der Waals surface area contributed by atoms with Gasteiger partial charge in [0.25, 0.3) is 11.6 Å². The van der Waals surface area contributed by atoms with Crippen molar-refractivity contribution in [3.8, 4) is 0 Å². The summed E-state index contributed by atoms with van der Waals surface area (Å²) in [5.74, 6) is -2.09. The van der Waals surface area contributed by atoms with Crippen LogP contribution in [0.2, 0.25) is 0 Å². The van der Waals surface area contributed by atoms with Crippen LogP contribution in [0.15, 0.2) is 42.5 Å². The molecule has 0 aromatic heterocycles. The number of amides is 1. The van der Waals surface area contributed by atoms with Gasteiger partial charge in [0.2, 0.25) is 0 Å². The Balaban J connectivity index is 1.91. The van der Waals surface area contributed by atoms with Crippen LogP contribution in [-0.4, -0.2) is 23.4 Å². The number of halogens is 1. The number of esters is 1. The normalized spacial score (nSPS) is 10.1. The van der Waals surface area contributed by atoms with Gasteiger partial charge in [-0.25, -0.2) is 9.18 Å². The van der Waals surface area contributed by atoms with Crippen LogP contribution < -0.4 is 11.1 Å². The lowest BCUT2D eigenvalue weighted by atomic mass is 10.1. The molecule has 0 aliphatic carbocycles. The third-order valence-corrected chi connectivity index (χ3v) is 3.24. The van der Waals surface area contributed by atoms with Crippen LogP contribution in [0.25, 0.3) is 0 Å². The summed E-state index contributed by atoms with van der Waals surface area (Å²) in [6.07, 6.45) is 0. The summed E-state index contributed by atoms with van der Waals surface area (Å²) in [7, 11) is 0. The minimum Gasteiger partial charge on any atom is -0.452 e. The van der Waals surface area contributed by atoms with Gasteiger partial charge in [0, 0.05) is 29.9 Å². The Morgan fingerprint density at radius 3 is 2.64 bits per heavy atom. The van der Waals surface area contributed by atoms with E-state index >= 15 is 0 Å². The fraction of sp³-hybridized carbons (Fsp3) is 0.125. The molecule has 0 fully saturated rings. The van der Waals surface area contributed by atoms with Gasteiger partial charge in [-0.05, 0) is 12.1 Å². The summed E-state index contributed by atoms with van der Waals surface area (Å²) < 4.78 is 18.2. The van der Waals surface area contributed by atoms with Gasteiger partial charge < -0.3 is 15.8 Å². The number of nitro benzene ring substituents is 1. The molecule has 0 spiro atoms. The number of benzene rings is 2. The van der Waals surface area contributed by atoms with E-state index in [2.05, 4.69) is 5.32 Å². The van der Waals surface area contributed by atoms with Crippen LogP contribution in [0.5, 0.6) is 0 Å². The van der Waals surface area contributed by atoms with Crippen LogP contribution in [0.3, 0.4) is 0 Å². The number of nitrogen functional groups attached to an aromatic ring is 1. The van der Waals surface area contributed by atoms with Crippen molar-refractivity contribution >= 4 is 23.3 Å². The van der Waals surface area contributed by atoms with E-state index in [0.717, 1.165) is 12.1 Å². The van der Waals surface area contributed by atoms with Crippen molar-refractivity contribution in [2.75, 3.05) is 12.3 Å². The van der Waals surface area contributed by atoms with Gasteiger partial charge in [0.05, 0.1) is 10.5 Å². The second-order valence-corrected chi connectivity index (χ2v) is 4.97. The van der Waals surface area contributed by atoms with Gasteiger partial charge in [-0.1, -0.05) is 18.2 Å².